The van der Waals surface area contributed by atoms with Crippen molar-refractivity contribution in [2.75, 3.05) is 0 Å². The third-order valence-corrected chi connectivity index (χ3v) is 4.25. The van der Waals surface area contributed by atoms with Crippen LogP contribution in [0, 0.1) is 13.8 Å². The van der Waals surface area contributed by atoms with Crippen molar-refractivity contribution in [1.82, 2.24) is 9.55 Å². The number of aromatic nitrogens is 2. The molecular formula is C18H28N2O. The Hall–Kier alpha value is -1.35. The Morgan fingerprint density at radius 3 is 2.43 bits per heavy atom. The summed E-state index contributed by atoms with van der Waals surface area (Å²) in [5.74, 6) is 0.797. The average molecular weight is 288 g/mol. The van der Waals surface area contributed by atoms with E-state index in [0.717, 1.165) is 29.8 Å². The lowest BCUT2D eigenvalue weighted by Gasteiger charge is -2.11. The van der Waals surface area contributed by atoms with Crippen molar-refractivity contribution in [3.05, 3.63) is 29.1 Å². The number of aliphatic hydroxyl groups excluding tert-OH is 1. The van der Waals surface area contributed by atoms with Gasteiger partial charge in [0.25, 0.3) is 0 Å². The maximum absolute atomic E-state index is 10.0. The maximum atomic E-state index is 10.0. The molecule has 1 N–H and O–H groups in total. The molecule has 2 rings (SSSR count). The third-order valence-electron chi connectivity index (χ3n) is 4.25. The summed E-state index contributed by atoms with van der Waals surface area (Å²) < 4.78 is 2.21. The van der Waals surface area contributed by atoms with Crippen molar-refractivity contribution in [2.24, 2.45) is 0 Å². The van der Waals surface area contributed by atoms with Gasteiger partial charge in [-0.25, -0.2) is 4.98 Å². The van der Waals surface area contributed by atoms with Gasteiger partial charge < -0.3 is 9.67 Å². The van der Waals surface area contributed by atoms with Crippen LogP contribution in [0.1, 0.15) is 69.0 Å². The van der Waals surface area contributed by atoms with Gasteiger partial charge in [0.2, 0.25) is 0 Å². The van der Waals surface area contributed by atoms with Gasteiger partial charge in [0, 0.05) is 6.54 Å². The van der Waals surface area contributed by atoms with Crippen LogP contribution in [0.3, 0.4) is 0 Å². The predicted molar refractivity (Wildman–Crippen MR) is 88.6 cm³/mol. The highest BCUT2D eigenvalue weighted by Crippen LogP contribution is 2.24. The first-order valence-corrected chi connectivity index (χ1v) is 8.20. The minimum Gasteiger partial charge on any atom is -0.385 e. The van der Waals surface area contributed by atoms with Gasteiger partial charge in [-0.05, 0) is 50.5 Å². The summed E-state index contributed by atoms with van der Waals surface area (Å²) in [4.78, 5) is 4.64. The predicted octanol–water partition coefficient (Wildman–Crippen LogP) is 4.68. The smallest absolute Gasteiger partial charge is 0.138 e. The summed E-state index contributed by atoms with van der Waals surface area (Å²) in [5, 5.41) is 10.0. The molecule has 0 fully saturated rings. The topological polar surface area (TPSA) is 38.0 Å². The molecule has 116 valence electrons. The van der Waals surface area contributed by atoms with E-state index < -0.39 is 6.10 Å². The van der Waals surface area contributed by atoms with Gasteiger partial charge in [0.05, 0.1) is 11.0 Å². The lowest BCUT2D eigenvalue weighted by atomic mass is 10.1. The van der Waals surface area contributed by atoms with E-state index in [1.54, 1.807) is 6.92 Å². The van der Waals surface area contributed by atoms with Crippen LogP contribution in [-0.2, 0) is 6.54 Å². The maximum Gasteiger partial charge on any atom is 0.138 e. The van der Waals surface area contributed by atoms with Gasteiger partial charge in [-0.15, -0.1) is 0 Å². The molecule has 0 saturated heterocycles. The highest BCUT2D eigenvalue weighted by Gasteiger charge is 2.15. The van der Waals surface area contributed by atoms with Gasteiger partial charge in [0.15, 0.2) is 0 Å². The third kappa shape index (κ3) is 3.65. The molecule has 3 nitrogen and oxygen atoms in total. The molecule has 0 spiro atoms. The quantitative estimate of drug-likeness (QED) is 0.751. The Labute approximate surface area is 128 Å². The van der Waals surface area contributed by atoms with Crippen molar-refractivity contribution in [1.29, 1.82) is 0 Å². The zero-order valence-corrected chi connectivity index (χ0v) is 13.8. The van der Waals surface area contributed by atoms with Crippen LogP contribution >= 0.6 is 0 Å². The second kappa shape index (κ2) is 7.08. The van der Waals surface area contributed by atoms with Crippen LogP contribution in [0.2, 0.25) is 0 Å². The van der Waals surface area contributed by atoms with E-state index in [9.17, 15) is 5.11 Å². The summed E-state index contributed by atoms with van der Waals surface area (Å²) in [6, 6.07) is 4.33. The van der Waals surface area contributed by atoms with Gasteiger partial charge in [-0.1, -0.05) is 32.6 Å². The van der Waals surface area contributed by atoms with Crippen molar-refractivity contribution in [3.8, 4) is 0 Å². The van der Waals surface area contributed by atoms with Crippen LogP contribution in [-0.4, -0.2) is 14.7 Å². The van der Waals surface area contributed by atoms with E-state index in [0.29, 0.717) is 0 Å². The number of rotatable bonds is 7. The first-order chi connectivity index (χ1) is 10.0. The number of aliphatic hydroxyl groups is 1. The summed E-state index contributed by atoms with van der Waals surface area (Å²) >= 11 is 0. The lowest BCUT2D eigenvalue weighted by molar-refractivity contribution is 0.184. The number of aryl methyl sites for hydroxylation is 3. The fourth-order valence-electron chi connectivity index (χ4n) is 2.83. The monoisotopic (exact) mass is 288 g/mol. The molecule has 21 heavy (non-hydrogen) atoms. The van der Waals surface area contributed by atoms with Crippen LogP contribution in [0.25, 0.3) is 11.0 Å². The van der Waals surface area contributed by atoms with Crippen molar-refractivity contribution >= 4 is 11.0 Å². The van der Waals surface area contributed by atoms with Crippen LogP contribution in [0.15, 0.2) is 12.1 Å². The number of hydrogen-bond acceptors (Lipinski definition) is 2. The van der Waals surface area contributed by atoms with Crippen molar-refractivity contribution in [3.63, 3.8) is 0 Å². The fourth-order valence-corrected chi connectivity index (χ4v) is 2.83. The van der Waals surface area contributed by atoms with Gasteiger partial charge >= 0.3 is 0 Å². The van der Waals surface area contributed by atoms with E-state index in [-0.39, 0.29) is 0 Å². The number of fused-ring (bicyclic) bond motifs is 1. The van der Waals surface area contributed by atoms with Crippen LogP contribution in [0.4, 0.5) is 0 Å². The zero-order valence-electron chi connectivity index (χ0n) is 13.8. The van der Waals surface area contributed by atoms with E-state index in [1.807, 2.05) is 0 Å². The molecular weight excluding hydrogens is 260 g/mol. The van der Waals surface area contributed by atoms with Gasteiger partial charge in [-0.2, -0.15) is 0 Å². The fraction of sp³-hybridized carbons (Fsp3) is 0.611. The van der Waals surface area contributed by atoms with Crippen molar-refractivity contribution < 1.29 is 5.11 Å². The minimum absolute atomic E-state index is 0.520. The highest BCUT2D eigenvalue weighted by atomic mass is 16.3. The number of imidazole rings is 1. The van der Waals surface area contributed by atoms with Gasteiger partial charge in [-0.3, -0.25) is 0 Å². The number of nitrogens with zero attached hydrogens (tertiary/aromatic N) is 2. The van der Waals surface area contributed by atoms with E-state index >= 15 is 0 Å². The number of unbranched alkanes of at least 4 members (excludes halogenated alkanes) is 4. The van der Waals surface area contributed by atoms with Crippen LogP contribution in [0.5, 0.6) is 0 Å². The number of benzene rings is 1. The molecule has 0 aliphatic rings. The molecule has 1 atom stereocenters. The second-order valence-electron chi connectivity index (χ2n) is 6.14. The van der Waals surface area contributed by atoms with Crippen LogP contribution < -0.4 is 0 Å². The molecule has 1 aromatic carbocycles. The molecule has 1 unspecified atom stereocenters. The normalized spacial score (nSPS) is 13.0. The molecule has 1 heterocycles. The Kier molecular flexibility index (Phi) is 5.40. The molecule has 0 saturated carbocycles. The summed E-state index contributed by atoms with van der Waals surface area (Å²) in [7, 11) is 0. The molecule has 0 amide bonds. The Balaban J connectivity index is 2.26. The number of hydrogen-bond donors (Lipinski definition) is 1. The molecule has 0 radical (unpaired) electrons. The molecule has 1 aromatic heterocycles. The molecule has 0 aliphatic heterocycles. The Morgan fingerprint density at radius 2 is 1.76 bits per heavy atom. The summed E-state index contributed by atoms with van der Waals surface area (Å²) in [6.07, 6.45) is 5.76. The largest absolute Gasteiger partial charge is 0.385 e. The van der Waals surface area contributed by atoms with E-state index in [2.05, 4.69) is 42.5 Å². The first-order valence-electron chi connectivity index (χ1n) is 8.20. The summed E-state index contributed by atoms with van der Waals surface area (Å²) in [6.45, 7) is 9.23. The molecule has 3 heteroatoms. The standard InChI is InChI=1S/C18H28N2O/c1-5-6-7-8-9-10-20-17-12-14(3)13(2)11-16(17)19-18(20)15(4)21/h11-12,15,21H,5-10H2,1-4H3. The molecule has 2 aromatic rings. The lowest BCUT2D eigenvalue weighted by Crippen LogP contribution is -2.07. The van der Waals surface area contributed by atoms with Gasteiger partial charge in [0.1, 0.15) is 11.9 Å². The molecule has 0 aliphatic carbocycles. The average Bonchev–Trinajstić information content (AvgIpc) is 2.77. The van der Waals surface area contributed by atoms with Crippen molar-refractivity contribution in [2.45, 2.75) is 72.4 Å². The first kappa shape index (κ1) is 16.0. The highest BCUT2D eigenvalue weighted by molar-refractivity contribution is 5.78. The minimum atomic E-state index is -0.520. The second-order valence-corrected chi connectivity index (χ2v) is 6.14. The van der Waals surface area contributed by atoms with E-state index in [1.165, 1.54) is 36.8 Å². The summed E-state index contributed by atoms with van der Waals surface area (Å²) in [5.41, 5.74) is 4.70. The molecule has 0 bridgehead atoms. The Bertz CT molecular complexity index is 599. The SMILES string of the molecule is CCCCCCCn1c(C(C)O)nc2cc(C)c(C)cc21. The zero-order chi connectivity index (χ0) is 15.4. The van der Waals surface area contributed by atoms with E-state index in [4.69, 9.17) is 0 Å². The Morgan fingerprint density at radius 1 is 1.10 bits per heavy atom.